The van der Waals surface area contributed by atoms with Gasteiger partial charge < -0.3 is 25.0 Å². The normalized spacial score (nSPS) is 13.8. The molecule has 0 aliphatic carbocycles. The van der Waals surface area contributed by atoms with Gasteiger partial charge in [0.1, 0.15) is 0 Å². The van der Waals surface area contributed by atoms with Gasteiger partial charge in [-0.25, -0.2) is 0 Å². The Bertz CT molecular complexity index is 425. The highest BCUT2D eigenvalue weighted by Crippen LogP contribution is 2.28. The SMILES string of the molecule is CCCNC(C)(CO)CCOc1ccc(CO)cc1OC. The van der Waals surface area contributed by atoms with Crippen molar-refractivity contribution in [3.63, 3.8) is 0 Å². The Kier molecular flexibility index (Phi) is 7.50. The number of hydrogen-bond donors (Lipinski definition) is 3. The van der Waals surface area contributed by atoms with E-state index in [9.17, 15) is 5.11 Å². The molecule has 1 aromatic rings. The van der Waals surface area contributed by atoms with Gasteiger partial charge in [-0.2, -0.15) is 0 Å². The smallest absolute Gasteiger partial charge is 0.161 e. The molecule has 1 aromatic carbocycles. The van der Waals surface area contributed by atoms with Gasteiger partial charge in [0.15, 0.2) is 11.5 Å². The van der Waals surface area contributed by atoms with Gasteiger partial charge in [-0.3, -0.25) is 0 Å². The number of hydrogen-bond acceptors (Lipinski definition) is 5. The van der Waals surface area contributed by atoms with Crippen LogP contribution in [0.4, 0.5) is 0 Å². The molecule has 0 saturated carbocycles. The summed E-state index contributed by atoms with van der Waals surface area (Å²) in [4.78, 5) is 0. The molecule has 5 heteroatoms. The largest absolute Gasteiger partial charge is 0.493 e. The zero-order valence-electron chi connectivity index (χ0n) is 13.2. The van der Waals surface area contributed by atoms with Crippen LogP contribution in [0.3, 0.4) is 0 Å². The minimum atomic E-state index is -0.339. The second kappa shape index (κ2) is 8.87. The van der Waals surface area contributed by atoms with Crippen molar-refractivity contribution in [1.29, 1.82) is 0 Å². The second-order valence-electron chi connectivity index (χ2n) is 5.39. The molecule has 0 aliphatic rings. The van der Waals surface area contributed by atoms with Crippen LogP contribution >= 0.6 is 0 Å². The summed E-state index contributed by atoms with van der Waals surface area (Å²) in [7, 11) is 1.57. The topological polar surface area (TPSA) is 71.0 Å². The molecular formula is C16H27NO4. The Morgan fingerprint density at radius 3 is 2.57 bits per heavy atom. The first-order chi connectivity index (χ1) is 10.1. The van der Waals surface area contributed by atoms with Gasteiger partial charge in [0, 0.05) is 12.0 Å². The molecule has 1 unspecified atom stereocenters. The summed E-state index contributed by atoms with van der Waals surface area (Å²) >= 11 is 0. The second-order valence-corrected chi connectivity index (χ2v) is 5.39. The van der Waals surface area contributed by atoms with E-state index in [-0.39, 0.29) is 18.8 Å². The van der Waals surface area contributed by atoms with E-state index >= 15 is 0 Å². The van der Waals surface area contributed by atoms with Crippen molar-refractivity contribution < 1.29 is 19.7 Å². The van der Waals surface area contributed by atoms with E-state index in [0.717, 1.165) is 18.5 Å². The number of ether oxygens (including phenoxy) is 2. The quantitative estimate of drug-likeness (QED) is 0.613. The third-order valence-electron chi connectivity index (χ3n) is 3.47. The Morgan fingerprint density at radius 1 is 1.24 bits per heavy atom. The fourth-order valence-corrected chi connectivity index (χ4v) is 1.97. The Hall–Kier alpha value is -1.30. The lowest BCUT2D eigenvalue weighted by atomic mass is 9.99. The molecule has 0 fully saturated rings. The maximum absolute atomic E-state index is 9.51. The standard InChI is InChI=1S/C16H27NO4/c1-4-8-17-16(2,12-19)7-9-21-14-6-5-13(11-18)10-15(14)20-3/h5-6,10,17-19H,4,7-9,11-12H2,1-3H3. The number of methoxy groups -OCH3 is 1. The van der Waals surface area contributed by atoms with Crippen LogP contribution in [-0.4, -0.2) is 42.6 Å². The first-order valence-electron chi connectivity index (χ1n) is 7.35. The minimum Gasteiger partial charge on any atom is -0.493 e. The van der Waals surface area contributed by atoms with Gasteiger partial charge in [-0.1, -0.05) is 13.0 Å². The first kappa shape index (κ1) is 17.8. The van der Waals surface area contributed by atoms with Gasteiger partial charge in [0.2, 0.25) is 0 Å². The molecule has 1 atom stereocenters. The lowest BCUT2D eigenvalue weighted by Gasteiger charge is -2.28. The molecule has 0 heterocycles. The molecule has 1 rings (SSSR count). The monoisotopic (exact) mass is 297 g/mol. The van der Waals surface area contributed by atoms with Crippen molar-refractivity contribution in [2.75, 3.05) is 26.9 Å². The van der Waals surface area contributed by atoms with E-state index in [1.807, 2.05) is 6.92 Å². The van der Waals surface area contributed by atoms with Crippen LogP contribution in [0.1, 0.15) is 32.3 Å². The summed E-state index contributed by atoms with van der Waals surface area (Å²) in [5.74, 6) is 1.25. The Morgan fingerprint density at radius 2 is 2.00 bits per heavy atom. The summed E-state index contributed by atoms with van der Waals surface area (Å²) in [6, 6.07) is 5.36. The minimum absolute atomic E-state index is 0.0276. The van der Waals surface area contributed by atoms with Gasteiger partial charge in [0.05, 0.1) is 26.9 Å². The van der Waals surface area contributed by atoms with E-state index in [4.69, 9.17) is 14.6 Å². The molecule has 21 heavy (non-hydrogen) atoms. The molecule has 3 N–H and O–H groups in total. The third kappa shape index (κ3) is 5.53. The van der Waals surface area contributed by atoms with E-state index in [0.29, 0.717) is 24.5 Å². The molecule has 0 aromatic heterocycles. The van der Waals surface area contributed by atoms with Crippen LogP contribution in [-0.2, 0) is 6.61 Å². The Labute approximate surface area is 126 Å². The van der Waals surface area contributed by atoms with Crippen LogP contribution in [0.25, 0.3) is 0 Å². The summed E-state index contributed by atoms with van der Waals surface area (Å²) < 4.78 is 11.0. The van der Waals surface area contributed by atoms with Crippen molar-refractivity contribution in [2.45, 2.75) is 38.8 Å². The van der Waals surface area contributed by atoms with Gasteiger partial charge in [-0.05, 0) is 37.6 Å². The Balaban J connectivity index is 2.58. The van der Waals surface area contributed by atoms with Crippen molar-refractivity contribution in [2.24, 2.45) is 0 Å². The molecule has 5 nitrogen and oxygen atoms in total. The average Bonchev–Trinajstić information content (AvgIpc) is 2.53. The number of aliphatic hydroxyl groups excluding tert-OH is 2. The maximum Gasteiger partial charge on any atom is 0.161 e. The zero-order chi connectivity index (χ0) is 15.7. The molecule has 0 bridgehead atoms. The highest BCUT2D eigenvalue weighted by molar-refractivity contribution is 5.42. The van der Waals surface area contributed by atoms with Crippen molar-refractivity contribution in [3.8, 4) is 11.5 Å². The van der Waals surface area contributed by atoms with Crippen LogP contribution < -0.4 is 14.8 Å². The molecule has 0 aliphatic heterocycles. The van der Waals surface area contributed by atoms with E-state index in [1.165, 1.54) is 0 Å². The van der Waals surface area contributed by atoms with Gasteiger partial charge in [-0.15, -0.1) is 0 Å². The summed E-state index contributed by atoms with van der Waals surface area (Å²) in [5.41, 5.74) is 0.442. The van der Waals surface area contributed by atoms with Crippen molar-refractivity contribution in [1.82, 2.24) is 5.32 Å². The van der Waals surface area contributed by atoms with Crippen LogP contribution in [0.2, 0.25) is 0 Å². The third-order valence-corrected chi connectivity index (χ3v) is 3.47. The van der Waals surface area contributed by atoms with E-state index in [1.54, 1.807) is 25.3 Å². The van der Waals surface area contributed by atoms with E-state index < -0.39 is 0 Å². The molecule has 0 radical (unpaired) electrons. The maximum atomic E-state index is 9.51. The summed E-state index contributed by atoms with van der Waals surface area (Å²) in [6.45, 7) is 5.46. The van der Waals surface area contributed by atoms with Crippen LogP contribution in [0.15, 0.2) is 18.2 Å². The molecule has 0 saturated heterocycles. The lowest BCUT2D eigenvalue weighted by molar-refractivity contribution is 0.143. The summed E-state index contributed by atoms with van der Waals surface area (Å²) in [5, 5.41) is 22.0. The summed E-state index contributed by atoms with van der Waals surface area (Å²) in [6.07, 6.45) is 1.71. The van der Waals surface area contributed by atoms with Crippen LogP contribution in [0, 0.1) is 0 Å². The lowest BCUT2D eigenvalue weighted by Crippen LogP contribution is -2.47. The molecule has 120 valence electrons. The number of rotatable bonds is 10. The molecule has 0 spiro atoms. The average molecular weight is 297 g/mol. The fourth-order valence-electron chi connectivity index (χ4n) is 1.97. The number of aliphatic hydroxyl groups is 2. The predicted molar refractivity (Wildman–Crippen MR) is 82.8 cm³/mol. The first-order valence-corrected chi connectivity index (χ1v) is 7.35. The van der Waals surface area contributed by atoms with E-state index in [2.05, 4.69) is 12.2 Å². The fraction of sp³-hybridized carbons (Fsp3) is 0.625. The van der Waals surface area contributed by atoms with Gasteiger partial charge >= 0.3 is 0 Å². The predicted octanol–water partition coefficient (Wildman–Crippen LogP) is 1.71. The van der Waals surface area contributed by atoms with Gasteiger partial charge in [0.25, 0.3) is 0 Å². The number of benzene rings is 1. The number of nitrogens with one attached hydrogen (secondary N) is 1. The highest BCUT2D eigenvalue weighted by Gasteiger charge is 2.22. The zero-order valence-corrected chi connectivity index (χ0v) is 13.2. The molecule has 0 amide bonds. The van der Waals surface area contributed by atoms with Crippen LogP contribution in [0.5, 0.6) is 11.5 Å². The molecular weight excluding hydrogens is 270 g/mol. The van der Waals surface area contributed by atoms with Crippen molar-refractivity contribution in [3.05, 3.63) is 23.8 Å². The highest BCUT2D eigenvalue weighted by atomic mass is 16.5. The van der Waals surface area contributed by atoms with Crippen molar-refractivity contribution >= 4 is 0 Å².